The molecule has 0 aliphatic rings. The van der Waals surface area contributed by atoms with Gasteiger partial charge in [0.25, 0.3) is 0 Å². The molecule has 0 aliphatic heterocycles. The molecule has 0 fully saturated rings. The van der Waals surface area contributed by atoms with Crippen LogP contribution in [0.5, 0.6) is 17.2 Å². The van der Waals surface area contributed by atoms with Crippen LogP contribution in [0.4, 0.5) is 0 Å². The molecular weight excluding hydrogens is 243 g/mol. The molecule has 19 heavy (non-hydrogen) atoms. The fourth-order valence-corrected chi connectivity index (χ4v) is 1.26. The van der Waals surface area contributed by atoms with E-state index in [1.54, 1.807) is 46.3 Å². The van der Waals surface area contributed by atoms with Crippen molar-refractivity contribution in [3.05, 3.63) is 18.2 Å². The molecule has 4 nitrogen and oxygen atoms in total. The quantitative estimate of drug-likeness (QED) is 0.821. The zero-order chi connectivity index (χ0) is 14.0. The fourth-order valence-electron chi connectivity index (χ4n) is 1.26. The van der Waals surface area contributed by atoms with Gasteiger partial charge in [-0.3, -0.25) is 0 Å². The van der Waals surface area contributed by atoms with Gasteiger partial charge in [0.1, 0.15) is 22.8 Å². The lowest BCUT2D eigenvalue weighted by molar-refractivity contribution is -0.0907. The lowest BCUT2D eigenvalue weighted by Gasteiger charge is -2.37. The van der Waals surface area contributed by atoms with Gasteiger partial charge < -0.3 is 19.3 Å². The Morgan fingerprint density at radius 1 is 0.842 bits per heavy atom. The molecule has 5 heteroatoms. The summed E-state index contributed by atoms with van der Waals surface area (Å²) >= 11 is 0. The van der Waals surface area contributed by atoms with E-state index in [0.29, 0.717) is 17.2 Å². The zero-order valence-corrected chi connectivity index (χ0v) is 11.9. The van der Waals surface area contributed by atoms with Gasteiger partial charge >= 0.3 is 0 Å². The summed E-state index contributed by atoms with van der Waals surface area (Å²) in [5.41, 5.74) is -1.70. The molecule has 1 aromatic carbocycles. The van der Waals surface area contributed by atoms with E-state index in [4.69, 9.17) is 14.2 Å². The summed E-state index contributed by atoms with van der Waals surface area (Å²) in [6.07, 6.45) is 0. The number of aliphatic hydroxyl groups is 1. The molecule has 0 atom stereocenters. The summed E-state index contributed by atoms with van der Waals surface area (Å²) in [6, 6.07) is 5.29. The van der Waals surface area contributed by atoms with Crippen molar-refractivity contribution in [1.82, 2.24) is 0 Å². The average molecular weight is 268 g/mol. The minimum absolute atomic E-state index is 0. The van der Waals surface area contributed by atoms with Crippen LogP contribution in [0.25, 0.3) is 0 Å². The second kappa shape index (κ2) is 6.19. The largest absolute Gasteiger partial charge is 0.496 e. The van der Waals surface area contributed by atoms with Gasteiger partial charge in [-0.1, -0.05) is 0 Å². The maximum Gasteiger partial charge on any atom is 0.131 e. The van der Waals surface area contributed by atoms with E-state index in [-0.39, 0.29) is 8.41 Å². The Balaban J connectivity index is 0.00000324. The number of ether oxygens (including phenoxy) is 3. The summed E-state index contributed by atoms with van der Waals surface area (Å²) in [4.78, 5) is 0. The Morgan fingerprint density at radius 3 is 1.53 bits per heavy atom. The summed E-state index contributed by atoms with van der Waals surface area (Å²) in [6.45, 7) is 7.09. The number of benzene rings is 1. The highest BCUT2D eigenvalue weighted by Gasteiger charge is 2.37. The lowest BCUT2D eigenvalue weighted by Crippen LogP contribution is -2.49. The fraction of sp³-hybridized carbons (Fsp3) is 0.571. The van der Waals surface area contributed by atoms with Crippen LogP contribution in [0.3, 0.4) is 0 Å². The lowest BCUT2D eigenvalue weighted by atomic mass is 9.89. The number of hydrogen-bond donors (Lipinski definition) is 1. The van der Waals surface area contributed by atoms with E-state index in [1.165, 1.54) is 0 Å². The van der Waals surface area contributed by atoms with Crippen molar-refractivity contribution in [2.75, 3.05) is 14.2 Å². The molecule has 0 radical (unpaired) electrons. The van der Waals surface area contributed by atoms with E-state index in [9.17, 15) is 5.11 Å². The van der Waals surface area contributed by atoms with Gasteiger partial charge in [-0.05, 0) is 27.7 Å². The van der Waals surface area contributed by atoms with Crippen LogP contribution < -0.4 is 14.2 Å². The first-order chi connectivity index (χ1) is 8.19. The van der Waals surface area contributed by atoms with Crippen molar-refractivity contribution < 1.29 is 19.3 Å². The third-order valence-electron chi connectivity index (χ3n) is 3.17. The highest BCUT2D eigenvalue weighted by atomic mass is 16.5. The van der Waals surface area contributed by atoms with Crippen molar-refractivity contribution in [2.45, 2.75) is 38.9 Å². The molecule has 0 aromatic heterocycles. The molecule has 0 saturated heterocycles. The minimum atomic E-state index is -0.969. The Morgan fingerprint density at radius 2 is 1.21 bits per heavy atom. The summed E-state index contributed by atoms with van der Waals surface area (Å²) in [7, 11) is 3.17. The van der Waals surface area contributed by atoms with E-state index in [1.807, 2.05) is 13.8 Å². The third kappa shape index (κ3) is 4.35. The standard InChI is InChI=1S/C14H22O4.BH3/c1-13(2,15)14(3,4)18-12-8-10(16-5)7-11(9-12)17-6;/h7-9,15H,1-6H3;1H3. The van der Waals surface area contributed by atoms with Gasteiger partial charge in [0.2, 0.25) is 0 Å². The van der Waals surface area contributed by atoms with Crippen molar-refractivity contribution >= 4 is 8.41 Å². The minimum Gasteiger partial charge on any atom is -0.496 e. The van der Waals surface area contributed by atoms with E-state index in [0.717, 1.165) is 0 Å². The van der Waals surface area contributed by atoms with Gasteiger partial charge in [0, 0.05) is 18.2 Å². The molecule has 108 valence electrons. The van der Waals surface area contributed by atoms with E-state index < -0.39 is 11.2 Å². The van der Waals surface area contributed by atoms with Crippen LogP contribution in [-0.2, 0) is 0 Å². The normalized spacial score (nSPS) is 11.5. The van der Waals surface area contributed by atoms with Crippen LogP contribution >= 0.6 is 0 Å². The topological polar surface area (TPSA) is 47.9 Å². The smallest absolute Gasteiger partial charge is 0.131 e. The van der Waals surface area contributed by atoms with Gasteiger partial charge in [0.15, 0.2) is 0 Å². The zero-order valence-electron chi connectivity index (χ0n) is 11.9. The Bertz CT molecular complexity index is 388. The Kier molecular flexibility index (Phi) is 5.75. The van der Waals surface area contributed by atoms with Crippen LogP contribution in [0.15, 0.2) is 18.2 Å². The monoisotopic (exact) mass is 268 g/mol. The van der Waals surface area contributed by atoms with Crippen molar-refractivity contribution in [3.63, 3.8) is 0 Å². The van der Waals surface area contributed by atoms with Gasteiger partial charge in [-0.15, -0.1) is 0 Å². The Labute approximate surface area is 117 Å². The molecule has 0 unspecified atom stereocenters. The highest BCUT2D eigenvalue weighted by molar-refractivity contribution is 5.75. The second-order valence-electron chi connectivity index (χ2n) is 5.22. The molecule has 0 heterocycles. The second-order valence-corrected chi connectivity index (χ2v) is 5.22. The molecule has 1 N–H and O–H groups in total. The van der Waals surface area contributed by atoms with Crippen molar-refractivity contribution in [1.29, 1.82) is 0 Å². The predicted octanol–water partition coefficient (Wildman–Crippen LogP) is 1.45. The van der Waals surface area contributed by atoms with E-state index >= 15 is 0 Å². The summed E-state index contributed by atoms with van der Waals surface area (Å²) < 4.78 is 16.2. The van der Waals surface area contributed by atoms with Crippen LogP contribution in [0.1, 0.15) is 27.7 Å². The molecule has 0 bridgehead atoms. The summed E-state index contributed by atoms with van der Waals surface area (Å²) in [5, 5.41) is 10.1. The van der Waals surface area contributed by atoms with Crippen molar-refractivity contribution in [3.8, 4) is 17.2 Å². The van der Waals surface area contributed by atoms with Crippen LogP contribution in [-0.4, -0.2) is 38.9 Å². The van der Waals surface area contributed by atoms with E-state index in [2.05, 4.69) is 0 Å². The molecule has 1 rings (SSSR count). The van der Waals surface area contributed by atoms with Crippen LogP contribution in [0.2, 0.25) is 0 Å². The molecule has 0 aliphatic carbocycles. The predicted molar refractivity (Wildman–Crippen MR) is 80.5 cm³/mol. The van der Waals surface area contributed by atoms with Gasteiger partial charge in [-0.2, -0.15) is 0 Å². The van der Waals surface area contributed by atoms with Crippen LogP contribution in [0, 0.1) is 0 Å². The van der Waals surface area contributed by atoms with Gasteiger partial charge in [0.05, 0.1) is 28.2 Å². The molecule has 0 spiro atoms. The first-order valence-corrected chi connectivity index (χ1v) is 5.84. The Hall–Kier alpha value is -1.36. The molecule has 0 saturated carbocycles. The number of hydrogen-bond acceptors (Lipinski definition) is 4. The number of methoxy groups -OCH3 is 2. The van der Waals surface area contributed by atoms with Gasteiger partial charge in [-0.25, -0.2) is 0 Å². The first kappa shape index (κ1) is 17.6. The molecule has 1 aromatic rings. The molecule has 0 amide bonds. The highest BCUT2D eigenvalue weighted by Crippen LogP contribution is 2.33. The summed E-state index contributed by atoms with van der Waals surface area (Å²) in [5.74, 6) is 1.89. The maximum absolute atomic E-state index is 10.1. The maximum atomic E-state index is 10.1. The third-order valence-corrected chi connectivity index (χ3v) is 3.17. The SMILES string of the molecule is B.COc1cc(OC)cc(OC(C)(C)C(C)(C)O)c1. The first-order valence-electron chi connectivity index (χ1n) is 5.84. The molecular formula is C14H25BO4. The number of rotatable bonds is 5. The van der Waals surface area contributed by atoms with Crippen molar-refractivity contribution in [2.24, 2.45) is 0 Å². The average Bonchev–Trinajstić information content (AvgIpc) is 2.26.